The van der Waals surface area contributed by atoms with Crippen molar-refractivity contribution in [2.24, 2.45) is 0 Å². The zero-order valence-corrected chi connectivity index (χ0v) is 21.9. The summed E-state index contributed by atoms with van der Waals surface area (Å²) in [6.45, 7) is 4.74. The minimum atomic E-state index is -1.02. The molecule has 12 heteroatoms. The number of esters is 1. The average molecular weight is 534 g/mol. The molecule has 2 aromatic heterocycles. The molecular formula is C27H31N7O5. The van der Waals surface area contributed by atoms with Crippen LogP contribution in [0.1, 0.15) is 49.4 Å². The number of hydrogen-bond donors (Lipinski definition) is 2. The molecule has 0 spiro atoms. The van der Waals surface area contributed by atoms with Crippen LogP contribution in [0.25, 0.3) is 11.0 Å². The third-order valence-electron chi connectivity index (χ3n) is 7.29. The van der Waals surface area contributed by atoms with Crippen molar-refractivity contribution >= 4 is 29.1 Å². The lowest BCUT2D eigenvalue weighted by atomic mass is 9.93. The van der Waals surface area contributed by atoms with Crippen molar-refractivity contribution in [2.45, 2.75) is 38.1 Å². The van der Waals surface area contributed by atoms with Gasteiger partial charge < -0.3 is 20.3 Å². The van der Waals surface area contributed by atoms with Gasteiger partial charge in [0.2, 0.25) is 0 Å². The molecule has 39 heavy (non-hydrogen) atoms. The lowest BCUT2D eigenvalue weighted by Gasteiger charge is -2.36. The van der Waals surface area contributed by atoms with E-state index in [9.17, 15) is 14.4 Å². The van der Waals surface area contributed by atoms with Gasteiger partial charge >= 0.3 is 18.0 Å². The number of pyridine rings is 1. The van der Waals surface area contributed by atoms with Gasteiger partial charge in [-0.2, -0.15) is 0 Å². The Bertz CT molecular complexity index is 1380. The molecule has 2 N–H and O–H groups in total. The highest BCUT2D eigenvalue weighted by atomic mass is 16.6. The van der Waals surface area contributed by atoms with Crippen LogP contribution in [0, 0.1) is 0 Å². The Labute approximate surface area is 225 Å². The molecule has 4 heterocycles. The number of piperidine rings is 1. The summed E-state index contributed by atoms with van der Waals surface area (Å²) in [6, 6.07) is 8.76. The maximum Gasteiger partial charge on any atom is 0.337 e. The van der Waals surface area contributed by atoms with Crippen molar-refractivity contribution < 1.29 is 23.7 Å². The molecule has 1 atom stereocenters. The number of aromatic nitrogens is 3. The number of benzene rings is 1. The van der Waals surface area contributed by atoms with Crippen LogP contribution in [0.2, 0.25) is 0 Å². The molecule has 1 aromatic carbocycles. The lowest BCUT2D eigenvalue weighted by Crippen LogP contribution is -2.54. The van der Waals surface area contributed by atoms with Crippen LogP contribution < -0.4 is 10.6 Å². The van der Waals surface area contributed by atoms with Crippen LogP contribution in [0.4, 0.5) is 9.59 Å². The summed E-state index contributed by atoms with van der Waals surface area (Å²) in [5.41, 5.74) is 3.06. The van der Waals surface area contributed by atoms with E-state index in [1.54, 1.807) is 25.1 Å². The predicted octanol–water partition coefficient (Wildman–Crippen LogP) is 3.11. The fourth-order valence-corrected chi connectivity index (χ4v) is 5.26. The van der Waals surface area contributed by atoms with E-state index in [2.05, 4.69) is 36.9 Å². The molecule has 1 unspecified atom stereocenters. The average Bonchev–Trinajstić information content (AvgIpc) is 3.43. The number of carbonyl (C=O) groups excluding carboxylic acids is 3. The van der Waals surface area contributed by atoms with E-state index >= 15 is 0 Å². The molecule has 12 nitrogen and oxygen atoms in total. The van der Waals surface area contributed by atoms with Gasteiger partial charge in [-0.25, -0.2) is 23.9 Å². The quantitative estimate of drug-likeness (QED) is 0.346. The molecule has 4 amide bonds. The van der Waals surface area contributed by atoms with E-state index in [1.165, 1.54) is 7.11 Å². The number of likely N-dealkylation sites (tertiary alicyclic amines) is 1. The molecule has 0 bridgehead atoms. The van der Waals surface area contributed by atoms with Crippen molar-refractivity contribution in [2.75, 3.05) is 33.3 Å². The summed E-state index contributed by atoms with van der Waals surface area (Å²) in [5.74, 6) is -0.174. The fourth-order valence-electron chi connectivity index (χ4n) is 5.26. The highest BCUT2D eigenvalue weighted by molar-refractivity contribution is 6.01. The zero-order valence-electron chi connectivity index (χ0n) is 21.9. The fraction of sp³-hybridized carbons (Fsp3) is 0.407. The smallest absolute Gasteiger partial charge is 0.337 e. The van der Waals surface area contributed by atoms with E-state index < -0.39 is 24.1 Å². The maximum absolute atomic E-state index is 13.3. The number of fused-ring (bicyclic) bond motifs is 1. The lowest BCUT2D eigenvalue weighted by molar-refractivity contribution is -0.136. The van der Waals surface area contributed by atoms with Crippen molar-refractivity contribution in [1.82, 2.24) is 35.7 Å². The zero-order chi connectivity index (χ0) is 27.4. The van der Waals surface area contributed by atoms with Crippen molar-refractivity contribution in [3.8, 4) is 0 Å². The summed E-state index contributed by atoms with van der Waals surface area (Å²) < 4.78 is 9.77. The van der Waals surface area contributed by atoms with Crippen molar-refractivity contribution in [3.63, 3.8) is 0 Å². The third kappa shape index (κ3) is 5.60. The monoisotopic (exact) mass is 533 g/mol. The van der Waals surface area contributed by atoms with Crippen LogP contribution >= 0.6 is 0 Å². The number of hydrogen-bond acceptors (Lipinski definition) is 9. The normalized spacial score (nSPS) is 18.8. The van der Waals surface area contributed by atoms with E-state index in [4.69, 9.17) is 9.37 Å². The molecule has 3 aromatic rings. The largest absolute Gasteiger partial charge is 0.466 e. The Hall–Kier alpha value is -4.32. The summed E-state index contributed by atoms with van der Waals surface area (Å²) >= 11 is 0. The minimum Gasteiger partial charge on any atom is -0.466 e. The van der Waals surface area contributed by atoms with Gasteiger partial charge in [-0.05, 0) is 86.0 Å². The first kappa shape index (κ1) is 26.3. The molecule has 0 aliphatic carbocycles. The number of rotatable bonds is 7. The molecule has 1 fully saturated rings. The second kappa shape index (κ2) is 11.6. The Morgan fingerprint density at radius 1 is 1.15 bits per heavy atom. The number of nitrogens with zero attached hydrogens (tertiary/aromatic N) is 5. The molecule has 0 radical (unpaired) electrons. The van der Waals surface area contributed by atoms with Gasteiger partial charge in [0, 0.05) is 30.1 Å². The SMILES string of the molecule is COC(=O)C1=C(C)NC(=O)N(C(=O)NCCCN2CCC(c3ccccn3)CC2)C1c1ccc2nonc2c1. The second-order valence-corrected chi connectivity index (χ2v) is 9.70. The first-order valence-corrected chi connectivity index (χ1v) is 13.0. The van der Waals surface area contributed by atoms with Gasteiger partial charge in [-0.15, -0.1) is 0 Å². The van der Waals surface area contributed by atoms with Gasteiger partial charge in [0.25, 0.3) is 0 Å². The number of urea groups is 2. The summed E-state index contributed by atoms with van der Waals surface area (Å²) in [4.78, 5) is 47.0. The maximum atomic E-state index is 13.3. The molecule has 2 aliphatic heterocycles. The number of nitrogens with one attached hydrogen (secondary N) is 2. The predicted molar refractivity (Wildman–Crippen MR) is 140 cm³/mol. The number of carbonyl (C=O) groups is 3. The number of imide groups is 1. The first-order valence-electron chi connectivity index (χ1n) is 13.0. The Morgan fingerprint density at radius 3 is 2.69 bits per heavy atom. The third-order valence-corrected chi connectivity index (χ3v) is 7.29. The van der Waals surface area contributed by atoms with Gasteiger partial charge in [-0.1, -0.05) is 12.1 Å². The Balaban J connectivity index is 1.23. The van der Waals surface area contributed by atoms with E-state index in [1.807, 2.05) is 18.3 Å². The van der Waals surface area contributed by atoms with E-state index in [-0.39, 0.29) is 5.57 Å². The van der Waals surface area contributed by atoms with E-state index in [0.717, 1.165) is 49.5 Å². The van der Waals surface area contributed by atoms with Crippen LogP contribution in [0.5, 0.6) is 0 Å². The van der Waals surface area contributed by atoms with Gasteiger partial charge in [0.05, 0.1) is 12.7 Å². The highest BCUT2D eigenvalue weighted by Crippen LogP contribution is 2.35. The van der Waals surface area contributed by atoms with Gasteiger partial charge in [0.1, 0.15) is 17.1 Å². The minimum absolute atomic E-state index is 0.152. The molecular weight excluding hydrogens is 502 g/mol. The molecule has 1 saturated heterocycles. The van der Waals surface area contributed by atoms with Crippen LogP contribution in [0.15, 0.2) is 58.5 Å². The number of amides is 4. The summed E-state index contributed by atoms with van der Waals surface area (Å²) in [7, 11) is 1.25. The number of methoxy groups -OCH3 is 1. The Kier molecular flexibility index (Phi) is 7.82. The second-order valence-electron chi connectivity index (χ2n) is 9.70. The summed E-state index contributed by atoms with van der Waals surface area (Å²) in [6.07, 6.45) is 4.65. The molecule has 204 valence electrons. The molecule has 5 rings (SSSR count). The topological polar surface area (TPSA) is 143 Å². The first-order chi connectivity index (χ1) is 19.0. The molecule has 0 saturated carbocycles. The van der Waals surface area contributed by atoms with Crippen molar-refractivity contribution in [3.05, 3.63) is 65.1 Å². The van der Waals surface area contributed by atoms with Crippen molar-refractivity contribution in [1.29, 1.82) is 0 Å². The molecule has 2 aliphatic rings. The van der Waals surface area contributed by atoms with Crippen LogP contribution in [-0.4, -0.2) is 76.4 Å². The summed E-state index contributed by atoms with van der Waals surface area (Å²) in [5, 5.41) is 13.1. The van der Waals surface area contributed by atoms with Gasteiger partial charge in [-0.3, -0.25) is 4.98 Å². The Morgan fingerprint density at radius 2 is 1.95 bits per heavy atom. The van der Waals surface area contributed by atoms with Crippen LogP contribution in [0.3, 0.4) is 0 Å². The standard InChI is InChI=1S/C27H31N7O5/c1-17-23(25(35)38-2)24(19-7-8-21-22(16-19)32-39-31-21)34(27(37)30-17)26(36)29-12-5-13-33-14-9-18(10-15-33)20-6-3-4-11-28-20/h3-4,6-8,11,16,18,24H,5,9-10,12-15H2,1-2H3,(H,29,36)(H,30,37). The highest BCUT2D eigenvalue weighted by Gasteiger charge is 2.42. The van der Waals surface area contributed by atoms with Gasteiger partial charge in [0.15, 0.2) is 0 Å². The van der Waals surface area contributed by atoms with Crippen LogP contribution in [-0.2, 0) is 9.53 Å². The number of ether oxygens (including phenoxy) is 1. The number of allylic oxidation sites excluding steroid dienone is 1. The van der Waals surface area contributed by atoms with E-state index in [0.29, 0.717) is 34.8 Å².